The molecular weight excluding hydrogens is 416 g/mol. The fourth-order valence-corrected chi connectivity index (χ4v) is 4.26. The van der Waals surface area contributed by atoms with E-state index in [0.717, 1.165) is 16.4 Å². The summed E-state index contributed by atoms with van der Waals surface area (Å²) >= 11 is 0. The van der Waals surface area contributed by atoms with Crippen LogP contribution in [0.3, 0.4) is 0 Å². The van der Waals surface area contributed by atoms with Gasteiger partial charge >= 0.3 is 0 Å². The van der Waals surface area contributed by atoms with Crippen molar-refractivity contribution < 1.29 is 26.8 Å². The molecule has 0 saturated carbocycles. The van der Waals surface area contributed by atoms with Crippen molar-refractivity contribution in [1.82, 2.24) is 14.1 Å². The maximum atomic E-state index is 13.4. The summed E-state index contributed by atoms with van der Waals surface area (Å²) in [6.07, 6.45) is 0. The quantitative estimate of drug-likeness (QED) is 0.712. The average Bonchev–Trinajstić information content (AvgIpc) is 2.75. The second kappa shape index (κ2) is 8.88. The van der Waals surface area contributed by atoms with Crippen molar-refractivity contribution in [3.63, 3.8) is 0 Å². The van der Waals surface area contributed by atoms with Gasteiger partial charge in [0, 0.05) is 38.8 Å². The van der Waals surface area contributed by atoms with Gasteiger partial charge in [0.25, 0.3) is 5.91 Å². The molecule has 2 aromatic rings. The molecule has 0 aromatic heterocycles. The summed E-state index contributed by atoms with van der Waals surface area (Å²) in [5, 5.41) is 0. The Kier molecular flexibility index (Phi) is 6.47. The molecule has 1 saturated heterocycles. The lowest BCUT2D eigenvalue weighted by molar-refractivity contribution is -0.132. The van der Waals surface area contributed by atoms with Crippen molar-refractivity contribution in [3.05, 3.63) is 65.7 Å². The Morgan fingerprint density at radius 2 is 1.53 bits per heavy atom. The molecule has 2 aromatic carbocycles. The molecule has 10 heteroatoms. The molecule has 0 atom stereocenters. The first kappa shape index (κ1) is 21.8. The highest BCUT2D eigenvalue weighted by Gasteiger charge is 2.28. The number of rotatable bonds is 5. The molecule has 1 aliphatic rings. The fraction of sp³-hybridized carbons (Fsp3) is 0.300. The predicted octanol–water partition coefficient (Wildman–Crippen LogP) is 1.57. The SMILES string of the molecule is CN(CC(=O)N1CCN(C(=O)c2ccc(F)c(F)c2)CC1)S(=O)(=O)c1ccccc1. The second-order valence-corrected chi connectivity index (χ2v) is 8.92. The van der Waals surface area contributed by atoms with Crippen molar-refractivity contribution in [3.8, 4) is 0 Å². The Morgan fingerprint density at radius 3 is 2.13 bits per heavy atom. The molecule has 0 bridgehead atoms. The lowest BCUT2D eigenvalue weighted by Crippen LogP contribution is -2.52. The number of halogens is 2. The zero-order valence-corrected chi connectivity index (χ0v) is 17.1. The van der Waals surface area contributed by atoms with E-state index < -0.39 is 27.6 Å². The maximum absolute atomic E-state index is 13.4. The molecule has 160 valence electrons. The summed E-state index contributed by atoms with van der Waals surface area (Å²) in [6, 6.07) is 10.8. The van der Waals surface area contributed by atoms with Crippen LogP contribution in [0.4, 0.5) is 8.78 Å². The van der Waals surface area contributed by atoms with E-state index in [2.05, 4.69) is 0 Å². The van der Waals surface area contributed by atoms with E-state index >= 15 is 0 Å². The van der Waals surface area contributed by atoms with Crippen LogP contribution in [0.15, 0.2) is 53.4 Å². The summed E-state index contributed by atoms with van der Waals surface area (Å²) in [5.41, 5.74) is 0.0300. The van der Waals surface area contributed by atoms with Gasteiger partial charge in [0.2, 0.25) is 15.9 Å². The van der Waals surface area contributed by atoms with E-state index in [1.54, 1.807) is 18.2 Å². The minimum atomic E-state index is -3.79. The first-order valence-electron chi connectivity index (χ1n) is 9.23. The third kappa shape index (κ3) is 4.65. The highest BCUT2D eigenvalue weighted by atomic mass is 32.2. The van der Waals surface area contributed by atoms with E-state index in [1.165, 1.54) is 35.0 Å². The molecule has 2 amide bonds. The van der Waals surface area contributed by atoms with Gasteiger partial charge in [-0.25, -0.2) is 17.2 Å². The molecule has 1 heterocycles. The number of benzene rings is 2. The number of carbonyl (C=O) groups is 2. The minimum absolute atomic E-state index is 0.0300. The van der Waals surface area contributed by atoms with Gasteiger partial charge in [0.05, 0.1) is 11.4 Å². The van der Waals surface area contributed by atoms with Gasteiger partial charge in [-0.15, -0.1) is 0 Å². The van der Waals surface area contributed by atoms with Gasteiger partial charge in [-0.05, 0) is 30.3 Å². The third-order valence-electron chi connectivity index (χ3n) is 4.90. The molecule has 0 N–H and O–H groups in total. The number of sulfonamides is 1. The first-order valence-corrected chi connectivity index (χ1v) is 10.7. The number of nitrogens with zero attached hydrogens (tertiary/aromatic N) is 3. The van der Waals surface area contributed by atoms with Crippen LogP contribution in [0.1, 0.15) is 10.4 Å². The molecule has 7 nitrogen and oxygen atoms in total. The third-order valence-corrected chi connectivity index (χ3v) is 6.71. The van der Waals surface area contributed by atoms with E-state index in [1.807, 2.05) is 0 Å². The molecule has 0 aliphatic carbocycles. The number of amides is 2. The van der Waals surface area contributed by atoms with Crippen LogP contribution in [-0.4, -0.2) is 74.1 Å². The molecule has 0 unspecified atom stereocenters. The molecule has 3 rings (SSSR count). The molecule has 1 fully saturated rings. The number of likely N-dealkylation sites (N-methyl/N-ethyl adjacent to an activating group) is 1. The van der Waals surface area contributed by atoms with Crippen molar-refractivity contribution in [2.75, 3.05) is 39.8 Å². The zero-order chi connectivity index (χ0) is 21.9. The summed E-state index contributed by atoms with van der Waals surface area (Å²) in [7, 11) is -2.45. The summed E-state index contributed by atoms with van der Waals surface area (Å²) in [4.78, 5) is 28.0. The summed E-state index contributed by atoms with van der Waals surface area (Å²) in [6.45, 7) is 0.521. The van der Waals surface area contributed by atoms with Crippen LogP contribution in [0.5, 0.6) is 0 Å². The average molecular weight is 437 g/mol. The van der Waals surface area contributed by atoms with Crippen LogP contribution in [0.25, 0.3) is 0 Å². The van der Waals surface area contributed by atoms with Crippen molar-refractivity contribution in [2.45, 2.75) is 4.90 Å². The van der Waals surface area contributed by atoms with Gasteiger partial charge in [0.1, 0.15) is 0 Å². The molecule has 1 aliphatic heterocycles. The minimum Gasteiger partial charge on any atom is -0.338 e. The van der Waals surface area contributed by atoms with Crippen LogP contribution >= 0.6 is 0 Å². The molecule has 30 heavy (non-hydrogen) atoms. The largest absolute Gasteiger partial charge is 0.338 e. The van der Waals surface area contributed by atoms with Crippen LogP contribution < -0.4 is 0 Å². The van der Waals surface area contributed by atoms with Crippen LogP contribution in [0, 0.1) is 11.6 Å². The number of hydrogen-bond donors (Lipinski definition) is 0. The topological polar surface area (TPSA) is 78.0 Å². The van der Waals surface area contributed by atoms with Gasteiger partial charge in [-0.2, -0.15) is 4.31 Å². The molecule has 0 spiro atoms. The van der Waals surface area contributed by atoms with Gasteiger partial charge < -0.3 is 9.80 Å². The Balaban J connectivity index is 1.57. The number of piperazine rings is 1. The van der Waals surface area contributed by atoms with E-state index in [4.69, 9.17) is 0 Å². The molecule has 0 radical (unpaired) electrons. The Bertz CT molecular complexity index is 1040. The highest BCUT2D eigenvalue weighted by Crippen LogP contribution is 2.15. The van der Waals surface area contributed by atoms with Crippen molar-refractivity contribution in [1.29, 1.82) is 0 Å². The van der Waals surface area contributed by atoms with Crippen molar-refractivity contribution in [2.24, 2.45) is 0 Å². The van der Waals surface area contributed by atoms with Crippen molar-refractivity contribution >= 4 is 21.8 Å². The number of carbonyl (C=O) groups excluding carboxylic acids is 2. The number of hydrogen-bond acceptors (Lipinski definition) is 4. The van der Waals surface area contributed by atoms with Gasteiger partial charge in [0.15, 0.2) is 11.6 Å². The monoisotopic (exact) mass is 437 g/mol. The zero-order valence-electron chi connectivity index (χ0n) is 16.3. The molecular formula is C20H21F2N3O4S. The summed E-state index contributed by atoms with van der Waals surface area (Å²) < 4.78 is 52.5. The maximum Gasteiger partial charge on any atom is 0.254 e. The van der Waals surface area contributed by atoms with Crippen LogP contribution in [-0.2, 0) is 14.8 Å². The van der Waals surface area contributed by atoms with E-state index in [-0.39, 0.29) is 49.1 Å². The standard InChI is InChI=1S/C20H21F2N3O4S/c1-23(30(28,29)16-5-3-2-4-6-16)14-19(26)24-9-11-25(12-10-24)20(27)15-7-8-17(21)18(22)13-15/h2-8,13H,9-12,14H2,1H3. The predicted molar refractivity (Wildman–Crippen MR) is 105 cm³/mol. The second-order valence-electron chi connectivity index (χ2n) is 6.88. The Hall–Kier alpha value is -2.85. The van der Waals surface area contributed by atoms with E-state index in [0.29, 0.717) is 0 Å². The van der Waals surface area contributed by atoms with Gasteiger partial charge in [-0.3, -0.25) is 9.59 Å². The lowest BCUT2D eigenvalue weighted by atomic mass is 10.1. The van der Waals surface area contributed by atoms with Crippen LogP contribution in [0.2, 0.25) is 0 Å². The highest BCUT2D eigenvalue weighted by molar-refractivity contribution is 7.89. The van der Waals surface area contributed by atoms with E-state index in [9.17, 15) is 26.8 Å². The lowest BCUT2D eigenvalue weighted by Gasteiger charge is -2.35. The fourth-order valence-electron chi connectivity index (χ4n) is 3.12. The normalized spacial score (nSPS) is 14.8. The van der Waals surface area contributed by atoms with Gasteiger partial charge in [-0.1, -0.05) is 18.2 Å². The summed E-state index contributed by atoms with van der Waals surface area (Å²) in [5.74, 6) is -2.96. The smallest absolute Gasteiger partial charge is 0.254 e. The first-order chi connectivity index (χ1) is 14.2. The Morgan fingerprint density at radius 1 is 0.933 bits per heavy atom. The Labute approximate surface area is 173 Å².